The molecule has 2 atom stereocenters. The Balaban J connectivity index is 3.08. The van der Waals surface area contributed by atoms with Crippen molar-refractivity contribution in [2.45, 2.75) is 58.7 Å². The van der Waals surface area contributed by atoms with Gasteiger partial charge in [-0.25, -0.2) is 0 Å². The zero-order valence-corrected chi connectivity index (χ0v) is 14.3. The highest BCUT2D eigenvalue weighted by molar-refractivity contribution is 5.25. The van der Waals surface area contributed by atoms with Crippen molar-refractivity contribution in [3.8, 4) is 0 Å². The molecule has 1 aromatic carbocycles. The molecular weight excluding hydrogens is 260 g/mol. The van der Waals surface area contributed by atoms with Crippen LogP contribution < -0.4 is 5.73 Å². The van der Waals surface area contributed by atoms with Crippen LogP contribution in [0.2, 0.25) is 0 Å². The first-order chi connectivity index (χ1) is 10.0. The summed E-state index contributed by atoms with van der Waals surface area (Å²) in [4.78, 5) is 2.53. The highest BCUT2D eigenvalue weighted by Gasteiger charge is 2.28. The van der Waals surface area contributed by atoms with E-state index in [4.69, 9.17) is 10.5 Å². The Morgan fingerprint density at radius 2 is 1.71 bits per heavy atom. The maximum absolute atomic E-state index is 6.34. The smallest absolute Gasteiger partial charge is 0.0590 e. The first-order valence-electron chi connectivity index (χ1n) is 8.11. The standard InChI is InChI=1S/C18H32N2O/c1-6-17(7-2)20(12-13-21-5)18(15(4)19)16-10-8-14(3)9-11-16/h8-11,15,17-18H,6-7,12-13,19H2,1-5H3. The summed E-state index contributed by atoms with van der Waals surface area (Å²) < 4.78 is 5.31. The Kier molecular flexibility index (Phi) is 7.94. The predicted molar refractivity (Wildman–Crippen MR) is 90.5 cm³/mol. The molecule has 0 aliphatic heterocycles. The van der Waals surface area contributed by atoms with Crippen LogP contribution in [0.4, 0.5) is 0 Å². The molecule has 0 fully saturated rings. The van der Waals surface area contributed by atoms with Gasteiger partial charge in [-0.2, -0.15) is 0 Å². The van der Waals surface area contributed by atoms with E-state index in [1.807, 2.05) is 0 Å². The highest BCUT2D eigenvalue weighted by Crippen LogP contribution is 2.28. The maximum Gasteiger partial charge on any atom is 0.0590 e. The monoisotopic (exact) mass is 292 g/mol. The first kappa shape index (κ1) is 18.1. The van der Waals surface area contributed by atoms with E-state index in [1.54, 1.807) is 7.11 Å². The normalized spacial score (nSPS) is 14.7. The summed E-state index contributed by atoms with van der Waals surface area (Å²) in [5.41, 5.74) is 8.93. The van der Waals surface area contributed by atoms with Gasteiger partial charge in [0.2, 0.25) is 0 Å². The van der Waals surface area contributed by atoms with Crippen molar-refractivity contribution in [1.29, 1.82) is 0 Å². The third-order valence-corrected chi connectivity index (χ3v) is 4.24. The van der Waals surface area contributed by atoms with Crippen LogP contribution in [0.5, 0.6) is 0 Å². The molecule has 0 saturated carbocycles. The summed E-state index contributed by atoms with van der Waals surface area (Å²) in [7, 11) is 1.76. The number of hydrogen-bond acceptors (Lipinski definition) is 3. The van der Waals surface area contributed by atoms with Crippen LogP contribution in [0.1, 0.15) is 50.8 Å². The molecule has 0 aliphatic rings. The Bertz CT molecular complexity index is 385. The summed E-state index contributed by atoms with van der Waals surface area (Å²) >= 11 is 0. The predicted octanol–water partition coefficient (Wildman–Crippen LogP) is 3.52. The topological polar surface area (TPSA) is 38.5 Å². The van der Waals surface area contributed by atoms with E-state index in [2.05, 4.69) is 56.9 Å². The summed E-state index contributed by atoms with van der Waals surface area (Å²) in [6.07, 6.45) is 2.27. The van der Waals surface area contributed by atoms with Crippen molar-refractivity contribution in [2.24, 2.45) is 5.73 Å². The van der Waals surface area contributed by atoms with Crippen molar-refractivity contribution in [2.75, 3.05) is 20.3 Å². The largest absolute Gasteiger partial charge is 0.383 e. The molecule has 0 heterocycles. The van der Waals surface area contributed by atoms with Crippen LogP contribution in [-0.2, 0) is 4.74 Å². The van der Waals surface area contributed by atoms with Crippen LogP contribution >= 0.6 is 0 Å². The average Bonchev–Trinajstić information content (AvgIpc) is 2.47. The molecule has 0 aliphatic carbocycles. The molecular formula is C18H32N2O. The van der Waals surface area contributed by atoms with E-state index < -0.39 is 0 Å². The van der Waals surface area contributed by atoms with Crippen LogP contribution in [0.15, 0.2) is 24.3 Å². The summed E-state index contributed by atoms with van der Waals surface area (Å²) in [6.45, 7) is 10.4. The summed E-state index contributed by atoms with van der Waals surface area (Å²) in [5.74, 6) is 0. The van der Waals surface area contributed by atoms with Crippen molar-refractivity contribution >= 4 is 0 Å². The second-order valence-electron chi connectivity index (χ2n) is 5.92. The van der Waals surface area contributed by atoms with Gasteiger partial charge in [0.15, 0.2) is 0 Å². The van der Waals surface area contributed by atoms with E-state index >= 15 is 0 Å². The van der Waals surface area contributed by atoms with Gasteiger partial charge in [-0.15, -0.1) is 0 Å². The van der Waals surface area contributed by atoms with Crippen LogP contribution in [-0.4, -0.2) is 37.2 Å². The lowest BCUT2D eigenvalue weighted by Crippen LogP contribution is -2.46. The molecule has 120 valence electrons. The molecule has 0 aromatic heterocycles. The fourth-order valence-electron chi connectivity index (χ4n) is 3.06. The van der Waals surface area contributed by atoms with Gasteiger partial charge in [0.25, 0.3) is 0 Å². The number of benzene rings is 1. The van der Waals surface area contributed by atoms with Gasteiger partial charge in [0.1, 0.15) is 0 Å². The number of ether oxygens (including phenoxy) is 1. The zero-order valence-electron chi connectivity index (χ0n) is 14.3. The third kappa shape index (κ3) is 5.10. The van der Waals surface area contributed by atoms with E-state index in [-0.39, 0.29) is 12.1 Å². The summed E-state index contributed by atoms with van der Waals surface area (Å²) in [5, 5.41) is 0. The van der Waals surface area contributed by atoms with E-state index in [0.717, 1.165) is 26.0 Å². The second-order valence-corrected chi connectivity index (χ2v) is 5.92. The quantitative estimate of drug-likeness (QED) is 0.757. The fourth-order valence-corrected chi connectivity index (χ4v) is 3.06. The van der Waals surface area contributed by atoms with Crippen LogP contribution in [0.3, 0.4) is 0 Å². The zero-order chi connectivity index (χ0) is 15.8. The molecule has 3 nitrogen and oxygen atoms in total. The first-order valence-corrected chi connectivity index (χ1v) is 8.11. The molecule has 3 heteroatoms. The van der Waals surface area contributed by atoms with Gasteiger partial charge < -0.3 is 10.5 Å². The van der Waals surface area contributed by atoms with Crippen molar-refractivity contribution in [3.63, 3.8) is 0 Å². The number of methoxy groups -OCH3 is 1. The van der Waals surface area contributed by atoms with Gasteiger partial charge in [0, 0.05) is 31.8 Å². The van der Waals surface area contributed by atoms with Gasteiger partial charge in [-0.05, 0) is 32.3 Å². The molecule has 2 unspecified atom stereocenters. The Hall–Kier alpha value is -0.900. The number of nitrogens with zero attached hydrogens (tertiary/aromatic N) is 1. The average molecular weight is 292 g/mol. The molecule has 0 saturated heterocycles. The van der Waals surface area contributed by atoms with Gasteiger partial charge >= 0.3 is 0 Å². The maximum atomic E-state index is 6.34. The number of hydrogen-bond donors (Lipinski definition) is 1. The number of rotatable bonds is 9. The SMILES string of the molecule is CCC(CC)N(CCOC)C(c1ccc(C)cc1)C(C)N. The lowest BCUT2D eigenvalue weighted by atomic mass is 9.95. The molecule has 1 rings (SSSR count). The van der Waals surface area contributed by atoms with Crippen molar-refractivity contribution < 1.29 is 4.74 Å². The molecule has 21 heavy (non-hydrogen) atoms. The Morgan fingerprint density at radius 1 is 1.14 bits per heavy atom. The van der Waals surface area contributed by atoms with E-state index in [0.29, 0.717) is 6.04 Å². The Labute approximate surface area is 130 Å². The van der Waals surface area contributed by atoms with E-state index in [1.165, 1.54) is 11.1 Å². The lowest BCUT2D eigenvalue weighted by Gasteiger charge is -2.40. The van der Waals surface area contributed by atoms with E-state index in [9.17, 15) is 0 Å². The van der Waals surface area contributed by atoms with Crippen LogP contribution in [0.25, 0.3) is 0 Å². The Morgan fingerprint density at radius 3 is 2.14 bits per heavy atom. The number of nitrogens with two attached hydrogens (primary N) is 1. The van der Waals surface area contributed by atoms with Gasteiger partial charge in [0.05, 0.1) is 6.61 Å². The minimum Gasteiger partial charge on any atom is -0.383 e. The molecule has 0 amide bonds. The fraction of sp³-hybridized carbons (Fsp3) is 0.667. The summed E-state index contributed by atoms with van der Waals surface area (Å²) in [6, 6.07) is 9.64. The second kappa shape index (κ2) is 9.19. The third-order valence-electron chi connectivity index (χ3n) is 4.24. The minimum absolute atomic E-state index is 0.0881. The highest BCUT2D eigenvalue weighted by atomic mass is 16.5. The molecule has 0 bridgehead atoms. The number of aryl methyl sites for hydroxylation is 1. The lowest BCUT2D eigenvalue weighted by molar-refractivity contribution is 0.0702. The minimum atomic E-state index is 0.0881. The van der Waals surface area contributed by atoms with Gasteiger partial charge in [-0.3, -0.25) is 4.90 Å². The molecule has 0 radical (unpaired) electrons. The molecule has 1 aromatic rings. The molecule has 2 N–H and O–H groups in total. The van der Waals surface area contributed by atoms with Crippen molar-refractivity contribution in [3.05, 3.63) is 35.4 Å². The molecule has 0 spiro atoms. The van der Waals surface area contributed by atoms with Crippen LogP contribution in [0, 0.1) is 6.92 Å². The van der Waals surface area contributed by atoms with Gasteiger partial charge in [-0.1, -0.05) is 43.7 Å². The van der Waals surface area contributed by atoms with Crippen molar-refractivity contribution in [1.82, 2.24) is 4.90 Å².